The van der Waals surface area contributed by atoms with Crippen LogP contribution in [0.1, 0.15) is 87.6 Å². The molecule has 1 N–H and O–H groups in total. The van der Waals surface area contributed by atoms with Crippen molar-refractivity contribution in [3.63, 3.8) is 0 Å². The van der Waals surface area contributed by atoms with Crippen LogP contribution in [0.2, 0.25) is 0 Å². The maximum atomic E-state index is 14.1. The number of carbonyl (C=O) groups excluding carboxylic acids is 3. The highest BCUT2D eigenvalue weighted by molar-refractivity contribution is 6.01. The predicted molar refractivity (Wildman–Crippen MR) is 144 cm³/mol. The smallest absolute Gasteiger partial charge is 0.252 e. The van der Waals surface area contributed by atoms with Crippen LogP contribution in [0.15, 0.2) is 24.3 Å². The molecule has 1 aromatic carbocycles. The maximum absolute atomic E-state index is 14.1. The van der Waals surface area contributed by atoms with E-state index >= 15 is 0 Å². The first-order valence-electron chi connectivity index (χ1n) is 14.6. The molecule has 38 heavy (non-hydrogen) atoms. The van der Waals surface area contributed by atoms with Crippen molar-refractivity contribution < 1.29 is 23.9 Å². The second-order valence-corrected chi connectivity index (χ2v) is 11.8. The third kappa shape index (κ3) is 5.27. The fraction of sp³-hybridized carbons (Fsp3) is 0.700. The normalized spacial score (nSPS) is 28.1. The van der Waals surface area contributed by atoms with Gasteiger partial charge in [0.05, 0.1) is 6.54 Å². The Kier molecular flexibility index (Phi) is 8.22. The summed E-state index contributed by atoms with van der Waals surface area (Å²) >= 11 is 0. The fourth-order valence-electron chi connectivity index (χ4n) is 6.95. The zero-order chi connectivity index (χ0) is 26.9. The molecule has 5 rings (SSSR count). The Morgan fingerprint density at radius 1 is 1.11 bits per heavy atom. The average Bonchev–Trinajstić information content (AvgIpc) is 3.49. The number of ketones is 1. The lowest BCUT2D eigenvalue weighted by Gasteiger charge is -2.40. The molecule has 3 heterocycles. The highest BCUT2D eigenvalue weighted by atomic mass is 16.6. The topological polar surface area (TPSA) is 88.2 Å². The molecule has 3 saturated heterocycles. The van der Waals surface area contributed by atoms with Gasteiger partial charge in [-0.05, 0) is 83.2 Å². The molecule has 4 fully saturated rings. The zero-order valence-corrected chi connectivity index (χ0v) is 23.1. The van der Waals surface area contributed by atoms with Gasteiger partial charge in [-0.25, -0.2) is 0 Å². The molecule has 0 aromatic heterocycles. The molecule has 4 aliphatic rings. The van der Waals surface area contributed by atoms with E-state index in [0.29, 0.717) is 43.5 Å². The Morgan fingerprint density at radius 2 is 1.79 bits per heavy atom. The van der Waals surface area contributed by atoms with Gasteiger partial charge in [0.1, 0.15) is 30.4 Å². The third-order valence-electron chi connectivity index (χ3n) is 9.15. The summed E-state index contributed by atoms with van der Waals surface area (Å²) in [5, 5.41) is 3.15. The van der Waals surface area contributed by atoms with Crippen LogP contribution in [-0.4, -0.2) is 90.1 Å². The number of nitrogens with zero attached hydrogens (tertiary/aromatic N) is 2. The number of fused-ring (bicyclic) bond motifs is 1. The van der Waals surface area contributed by atoms with Crippen molar-refractivity contribution in [3.05, 3.63) is 35.4 Å². The van der Waals surface area contributed by atoms with Gasteiger partial charge in [0.15, 0.2) is 5.78 Å². The van der Waals surface area contributed by atoms with Gasteiger partial charge in [-0.2, -0.15) is 0 Å². The van der Waals surface area contributed by atoms with Crippen molar-refractivity contribution in [3.8, 4) is 0 Å². The summed E-state index contributed by atoms with van der Waals surface area (Å²) in [4.78, 5) is 44.5. The molecule has 0 spiro atoms. The SMILES string of the molecule is CCO[C@H]1CN(C(=O)C2(NC(=O)c3ccc(C4CCN(C(C)C)CC4)cc3)CCCCC2)[C@@H]2C(=O)CO[C@H]12. The van der Waals surface area contributed by atoms with E-state index < -0.39 is 17.7 Å². The van der Waals surface area contributed by atoms with Gasteiger partial charge in [-0.15, -0.1) is 0 Å². The highest BCUT2D eigenvalue weighted by Crippen LogP contribution is 2.36. The molecule has 1 saturated carbocycles. The number of hydrogen-bond acceptors (Lipinski definition) is 6. The first kappa shape index (κ1) is 27.3. The Bertz CT molecular complexity index is 1010. The largest absolute Gasteiger partial charge is 0.374 e. The van der Waals surface area contributed by atoms with Gasteiger partial charge in [0, 0.05) is 18.2 Å². The summed E-state index contributed by atoms with van der Waals surface area (Å²) < 4.78 is 11.6. The van der Waals surface area contributed by atoms with E-state index in [1.54, 1.807) is 4.90 Å². The summed E-state index contributed by atoms with van der Waals surface area (Å²) in [7, 11) is 0. The summed E-state index contributed by atoms with van der Waals surface area (Å²) in [6.07, 6.45) is 5.42. The van der Waals surface area contributed by atoms with Crippen molar-refractivity contribution in [2.24, 2.45) is 0 Å². The van der Waals surface area contributed by atoms with Gasteiger partial charge in [0.2, 0.25) is 5.91 Å². The van der Waals surface area contributed by atoms with Crippen LogP contribution in [-0.2, 0) is 19.1 Å². The number of piperidine rings is 1. The van der Waals surface area contributed by atoms with E-state index in [4.69, 9.17) is 9.47 Å². The number of carbonyl (C=O) groups is 3. The standard InChI is InChI=1S/C30H43N3O5/c1-4-37-25-18-33(26-24(34)19-38-27(25)26)29(36)30(14-6-5-7-15-30)31-28(35)23-10-8-21(9-11-23)22-12-16-32(17-13-22)20(2)3/h8-11,20,22,25-27H,4-7,12-19H2,1-3H3,(H,31,35)/t25-,26+,27+/m0/s1. The molecule has 0 bridgehead atoms. The predicted octanol–water partition coefficient (Wildman–Crippen LogP) is 3.29. The van der Waals surface area contributed by atoms with Gasteiger partial charge in [-0.1, -0.05) is 31.4 Å². The molecule has 1 aromatic rings. The van der Waals surface area contributed by atoms with Crippen molar-refractivity contribution in [1.29, 1.82) is 0 Å². The maximum Gasteiger partial charge on any atom is 0.252 e. The lowest BCUT2D eigenvalue weighted by Crippen LogP contribution is -2.62. The van der Waals surface area contributed by atoms with Crippen LogP contribution in [0.25, 0.3) is 0 Å². The first-order valence-corrected chi connectivity index (χ1v) is 14.6. The van der Waals surface area contributed by atoms with Crippen LogP contribution in [0, 0.1) is 0 Å². The molecule has 3 aliphatic heterocycles. The average molecular weight is 526 g/mol. The molecule has 208 valence electrons. The van der Waals surface area contributed by atoms with Crippen molar-refractivity contribution in [1.82, 2.24) is 15.1 Å². The van der Waals surface area contributed by atoms with Crippen LogP contribution in [0.4, 0.5) is 0 Å². The zero-order valence-electron chi connectivity index (χ0n) is 23.1. The molecule has 1 aliphatic carbocycles. The first-order chi connectivity index (χ1) is 18.3. The third-order valence-corrected chi connectivity index (χ3v) is 9.15. The van der Waals surface area contributed by atoms with Crippen LogP contribution in [0.3, 0.4) is 0 Å². The van der Waals surface area contributed by atoms with Crippen molar-refractivity contribution in [2.45, 2.75) is 101 Å². The molecule has 3 atom stereocenters. The van der Waals surface area contributed by atoms with Gasteiger partial charge >= 0.3 is 0 Å². The van der Waals surface area contributed by atoms with E-state index in [0.717, 1.165) is 45.2 Å². The van der Waals surface area contributed by atoms with E-state index in [2.05, 4.69) is 36.2 Å². The minimum atomic E-state index is -1.01. The number of rotatable bonds is 7. The van der Waals surface area contributed by atoms with Crippen molar-refractivity contribution in [2.75, 3.05) is 32.8 Å². The lowest BCUT2D eigenvalue weighted by atomic mass is 9.80. The number of likely N-dealkylation sites (tertiary alicyclic amines) is 2. The number of nitrogens with one attached hydrogen (secondary N) is 1. The van der Waals surface area contributed by atoms with Crippen LogP contribution < -0.4 is 5.32 Å². The number of benzene rings is 1. The van der Waals surface area contributed by atoms with Crippen LogP contribution in [0.5, 0.6) is 0 Å². The summed E-state index contributed by atoms with van der Waals surface area (Å²) in [6.45, 7) is 9.41. The second kappa shape index (κ2) is 11.4. The molecule has 8 nitrogen and oxygen atoms in total. The Morgan fingerprint density at radius 3 is 2.42 bits per heavy atom. The van der Waals surface area contributed by atoms with E-state index in [9.17, 15) is 14.4 Å². The number of Topliss-reactive ketones (excluding diaryl/α,β-unsaturated/α-hetero) is 1. The van der Waals surface area contributed by atoms with E-state index in [1.807, 2.05) is 19.1 Å². The summed E-state index contributed by atoms with van der Waals surface area (Å²) in [5.41, 5.74) is 0.836. The Hall–Kier alpha value is -2.29. The minimum Gasteiger partial charge on any atom is -0.374 e. The second-order valence-electron chi connectivity index (χ2n) is 11.8. The van der Waals surface area contributed by atoms with E-state index in [1.165, 1.54) is 5.56 Å². The van der Waals surface area contributed by atoms with E-state index in [-0.39, 0.29) is 30.3 Å². The minimum absolute atomic E-state index is 0.00485. The number of amides is 2. The monoisotopic (exact) mass is 525 g/mol. The quantitative estimate of drug-likeness (QED) is 0.588. The Labute approximate surface area is 226 Å². The highest BCUT2D eigenvalue weighted by Gasteiger charge is 2.56. The summed E-state index contributed by atoms with van der Waals surface area (Å²) in [6, 6.07) is 7.89. The molecule has 2 amide bonds. The molecular formula is C30H43N3O5. The molecular weight excluding hydrogens is 482 g/mol. The molecule has 8 heteroatoms. The fourth-order valence-corrected chi connectivity index (χ4v) is 6.95. The number of hydrogen-bond donors (Lipinski definition) is 1. The van der Waals surface area contributed by atoms with Crippen molar-refractivity contribution >= 4 is 17.6 Å². The van der Waals surface area contributed by atoms with Gasteiger partial charge in [-0.3, -0.25) is 14.4 Å². The molecule has 0 radical (unpaired) electrons. The summed E-state index contributed by atoms with van der Waals surface area (Å²) in [5.74, 6) is 0.0289. The van der Waals surface area contributed by atoms with Gasteiger partial charge < -0.3 is 24.6 Å². The Balaban J connectivity index is 1.30. The lowest BCUT2D eigenvalue weighted by molar-refractivity contribution is -0.143. The van der Waals surface area contributed by atoms with Gasteiger partial charge in [0.25, 0.3) is 5.91 Å². The molecule has 0 unspecified atom stereocenters. The number of ether oxygens (including phenoxy) is 2. The van der Waals surface area contributed by atoms with Crippen LogP contribution >= 0.6 is 0 Å².